The zero-order chi connectivity index (χ0) is 14.5. The number of hydrogen-bond acceptors (Lipinski definition) is 3. The molecule has 0 amide bonds. The van der Waals surface area contributed by atoms with Crippen molar-refractivity contribution in [3.63, 3.8) is 0 Å². The molecule has 1 N–H and O–H groups in total. The highest BCUT2D eigenvalue weighted by molar-refractivity contribution is 6.30. The van der Waals surface area contributed by atoms with Crippen LogP contribution < -0.4 is 5.32 Å². The van der Waals surface area contributed by atoms with E-state index in [1.807, 2.05) is 52.0 Å². The summed E-state index contributed by atoms with van der Waals surface area (Å²) < 4.78 is 5.32. The van der Waals surface area contributed by atoms with E-state index in [-0.39, 0.29) is 11.9 Å². The van der Waals surface area contributed by atoms with E-state index in [1.165, 1.54) is 0 Å². The van der Waals surface area contributed by atoms with Crippen LogP contribution in [0.3, 0.4) is 0 Å². The average molecular weight is 284 g/mol. The van der Waals surface area contributed by atoms with E-state index in [9.17, 15) is 4.79 Å². The van der Waals surface area contributed by atoms with Gasteiger partial charge in [0.25, 0.3) is 0 Å². The molecule has 0 unspecified atom stereocenters. The van der Waals surface area contributed by atoms with Crippen molar-refractivity contribution < 1.29 is 9.53 Å². The van der Waals surface area contributed by atoms with E-state index in [0.717, 1.165) is 10.6 Å². The number of rotatable bonds is 5. The molecule has 0 aliphatic heterocycles. The minimum Gasteiger partial charge on any atom is -0.460 e. The molecule has 1 atom stereocenters. The van der Waals surface area contributed by atoms with Gasteiger partial charge in [0.15, 0.2) is 0 Å². The van der Waals surface area contributed by atoms with Gasteiger partial charge in [-0.15, -0.1) is 0 Å². The Labute approximate surface area is 120 Å². The Morgan fingerprint density at radius 3 is 2.42 bits per heavy atom. The van der Waals surface area contributed by atoms with Crippen LogP contribution >= 0.6 is 11.6 Å². The monoisotopic (exact) mass is 283 g/mol. The Hall–Kier alpha value is -1.06. The number of nitrogens with one attached hydrogen (secondary N) is 1. The highest BCUT2D eigenvalue weighted by Gasteiger charge is 2.21. The Kier molecular flexibility index (Phi) is 5.83. The molecule has 0 radical (unpaired) electrons. The van der Waals surface area contributed by atoms with E-state index in [2.05, 4.69) is 5.32 Å². The second kappa shape index (κ2) is 6.92. The quantitative estimate of drug-likeness (QED) is 0.842. The van der Waals surface area contributed by atoms with Crippen LogP contribution in [-0.4, -0.2) is 18.1 Å². The molecule has 0 bridgehead atoms. The Morgan fingerprint density at radius 1 is 1.32 bits per heavy atom. The first-order valence-electron chi connectivity index (χ1n) is 6.46. The normalized spacial score (nSPS) is 13.1. The summed E-state index contributed by atoms with van der Waals surface area (Å²) in [4.78, 5) is 11.8. The van der Waals surface area contributed by atoms with Gasteiger partial charge in [0.2, 0.25) is 0 Å². The van der Waals surface area contributed by atoms with Crippen LogP contribution in [0.15, 0.2) is 24.3 Å². The van der Waals surface area contributed by atoms with Gasteiger partial charge in [-0.3, -0.25) is 4.79 Å². The summed E-state index contributed by atoms with van der Waals surface area (Å²) >= 11 is 5.82. The average Bonchev–Trinajstić information content (AvgIpc) is 2.29. The van der Waals surface area contributed by atoms with Gasteiger partial charge < -0.3 is 10.1 Å². The van der Waals surface area contributed by atoms with Crippen LogP contribution in [0.5, 0.6) is 0 Å². The standard InChI is InChI=1S/C15H22ClNO2/c1-11(14(18)19-15(2,3)4)9-17-10-12-5-7-13(16)8-6-12/h5-8,11,17H,9-10H2,1-4H3/t11-/m0/s1. The van der Waals surface area contributed by atoms with Crippen molar-refractivity contribution in [3.8, 4) is 0 Å². The lowest BCUT2D eigenvalue weighted by Crippen LogP contribution is -2.32. The maximum absolute atomic E-state index is 11.8. The van der Waals surface area contributed by atoms with Gasteiger partial charge in [-0.25, -0.2) is 0 Å². The number of benzene rings is 1. The minimum absolute atomic E-state index is 0.161. The predicted octanol–water partition coefficient (Wildman–Crippen LogP) is 3.41. The summed E-state index contributed by atoms with van der Waals surface area (Å²) in [6.07, 6.45) is 0. The predicted molar refractivity (Wildman–Crippen MR) is 78.2 cm³/mol. The van der Waals surface area contributed by atoms with Crippen LogP contribution in [-0.2, 0) is 16.1 Å². The number of hydrogen-bond donors (Lipinski definition) is 1. The van der Waals surface area contributed by atoms with Crippen molar-refractivity contribution in [2.24, 2.45) is 5.92 Å². The molecule has 0 heterocycles. The van der Waals surface area contributed by atoms with Crippen molar-refractivity contribution in [3.05, 3.63) is 34.9 Å². The van der Waals surface area contributed by atoms with E-state index < -0.39 is 5.60 Å². The lowest BCUT2D eigenvalue weighted by atomic mass is 10.1. The van der Waals surface area contributed by atoms with Crippen LogP contribution in [0.25, 0.3) is 0 Å². The molecule has 4 heteroatoms. The van der Waals surface area contributed by atoms with Gasteiger partial charge in [-0.1, -0.05) is 30.7 Å². The van der Waals surface area contributed by atoms with Gasteiger partial charge in [0.05, 0.1) is 5.92 Å². The maximum Gasteiger partial charge on any atom is 0.310 e. The van der Waals surface area contributed by atoms with Crippen molar-refractivity contribution in [2.45, 2.75) is 39.8 Å². The van der Waals surface area contributed by atoms with Gasteiger partial charge in [0.1, 0.15) is 5.60 Å². The molecular formula is C15H22ClNO2. The summed E-state index contributed by atoms with van der Waals surface area (Å²) in [5, 5.41) is 3.97. The molecule has 106 valence electrons. The summed E-state index contributed by atoms with van der Waals surface area (Å²) in [6.45, 7) is 8.79. The Balaban J connectivity index is 2.32. The van der Waals surface area contributed by atoms with Gasteiger partial charge >= 0.3 is 5.97 Å². The van der Waals surface area contributed by atoms with Crippen LogP contribution in [0.1, 0.15) is 33.3 Å². The molecule has 0 aromatic heterocycles. The number of halogens is 1. The number of esters is 1. The molecule has 0 saturated carbocycles. The SMILES string of the molecule is C[C@@H](CNCc1ccc(Cl)cc1)C(=O)OC(C)(C)C. The highest BCUT2D eigenvalue weighted by Crippen LogP contribution is 2.11. The Morgan fingerprint density at radius 2 is 1.89 bits per heavy atom. The third kappa shape index (κ3) is 6.60. The van der Waals surface area contributed by atoms with E-state index >= 15 is 0 Å². The number of carbonyl (C=O) groups excluding carboxylic acids is 1. The molecule has 3 nitrogen and oxygen atoms in total. The number of ether oxygens (including phenoxy) is 1. The summed E-state index contributed by atoms with van der Waals surface area (Å²) in [6, 6.07) is 7.65. The topological polar surface area (TPSA) is 38.3 Å². The lowest BCUT2D eigenvalue weighted by molar-refractivity contribution is -0.159. The Bertz CT molecular complexity index is 409. The van der Waals surface area contributed by atoms with Gasteiger partial charge in [-0.05, 0) is 38.5 Å². The van der Waals surface area contributed by atoms with Crippen molar-refractivity contribution in [2.75, 3.05) is 6.54 Å². The summed E-state index contributed by atoms with van der Waals surface area (Å²) in [5.74, 6) is -0.331. The molecule has 0 fully saturated rings. The fourth-order valence-electron chi connectivity index (χ4n) is 1.52. The molecule has 0 aliphatic carbocycles. The van der Waals surface area contributed by atoms with Crippen molar-refractivity contribution in [1.82, 2.24) is 5.32 Å². The fraction of sp³-hybridized carbons (Fsp3) is 0.533. The zero-order valence-corrected chi connectivity index (χ0v) is 12.8. The molecule has 1 aromatic carbocycles. The van der Waals surface area contributed by atoms with Gasteiger partial charge in [-0.2, -0.15) is 0 Å². The van der Waals surface area contributed by atoms with E-state index in [4.69, 9.17) is 16.3 Å². The largest absolute Gasteiger partial charge is 0.460 e. The molecule has 0 saturated heterocycles. The lowest BCUT2D eigenvalue weighted by Gasteiger charge is -2.22. The van der Waals surface area contributed by atoms with Crippen LogP contribution in [0, 0.1) is 5.92 Å². The second-order valence-electron chi connectivity index (χ2n) is 5.69. The molecule has 1 aromatic rings. The first kappa shape index (κ1) is 16.0. The minimum atomic E-state index is -0.429. The smallest absolute Gasteiger partial charge is 0.310 e. The third-order valence-electron chi connectivity index (χ3n) is 2.50. The van der Waals surface area contributed by atoms with Crippen molar-refractivity contribution in [1.29, 1.82) is 0 Å². The van der Waals surface area contributed by atoms with Crippen molar-refractivity contribution >= 4 is 17.6 Å². The molecule has 0 spiro atoms. The maximum atomic E-state index is 11.8. The van der Waals surface area contributed by atoms with E-state index in [0.29, 0.717) is 13.1 Å². The molecular weight excluding hydrogens is 262 g/mol. The van der Waals surface area contributed by atoms with Gasteiger partial charge in [0, 0.05) is 18.1 Å². The van der Waals surface area contributed by atoms with Crippen LogP contribution in [0.2, 0.25) is 5.02 Å². The zero-order valence-electron chi connectivity index (χ0n) is 12.0. The fourth-order valence-corrected chi connectivity index (χ4v) is 1.65. The molecule has 0 aliphatic rings. The van der Waals surface area contributed by atoms with Crippen LogP contribution in [0.4, 0.5) is 0 Å². The molecule has 1 rings (SSSR count). The molecule has 19 heavy (non-hydrogen) atoms. The highest BCUT2D eigenvalue weighted by atomic mass is 35.5. The number of carbonyl (C=O) groups is 1. The first-order valence-corrected chi connectivity index (χ1v) is 6.84. The summed E-state index contributed by atoms with van der Waals surface area (Å²) in [5.41, 5.74) is 0.711. The van der Waals surface area contributed by atoms with E-state index in [1.54, 1.807) is 0 Å². The first-order chi connectivity index (χ1) is 8.78. The summed E-state index contributed by atoms with van der Waals surface area (Å²) in [7, 11) is 0. The third-order valence-corrected chi connectivity index (χ3v) is 2.75. The second-order valence-corrected chi connectivity index (χ2v) is 6.13.